The van der Waals surface area contributed by atoms with E-state index >= 15 is 0 Å². The van der Waals surface area contributed by atoms with Crippen LogP contribution in [0.3, 0.4) is 0 Å². The van der Waals surface area contributed by atoms with E-state index in [1.54, 1.807) is 0 Å². The van der Waals surface area contributed by atoms with Crippen molar-refractivity contribution in [1.29, 1.82) is 0 Å². The van der Waals surface area contributed by atoms with Crippen molar-refractivity contribution in [2.75, 3.05) is 26.2 Å². The van der Waals surface area contributed by atoms with Gasteiger partial charge in [-0.15, -0.1) is 0 Å². The van der Waals surface area contributed by atoms with E-state index < -0.39 is 5.97 Å². The van der Waals surface area contributed by atoms with Crippen LogP contribution in [0.4, 0.5) is 0 Å². The second-order valence-corrected chi connectivity index (χ2v) is 6.53. The number of ether oxygens (including phenoxy) is 1. The van der Waals surface area contributed by atoms with Crippen LogP contribution < -0.4 is 0 Å². The summed E-state index contributed by atoms with van der Waals surface area (Å²) in [7, 11) is 0. The fraction of sp³-hybridized carbons (Fsp3) is 0.381. The van der Waals surface area contributed by atoms with Crippen LogP contribution in [0.25, 0.3) is 0 Å². The Hall–Kier alpha value is -2.17. The molecule has 0 aliphatic carbocycles. The number of hydrogen-bond acceptors (Lipinski definition) is 3. The van der Waals surface area contributed by atoms with Crippen LogP contribution in [-0.4, -0.2) is 42.2 Å². The van der Waals surface area contributed by atoms with Gasteiger partial charge < -0.3 is 9.84 Å². The molecule has 0 spiro atoms. The molecule has 0 aromatic heterocycles. The molecule has 4 nitrogen and oxygen atoms in total. The van der Waals surface area contributed by atoms with Crippen LogP contribution in [0, 0.1) is 0 Å². The first-order valence-corrected chi connectivity index (χ1v) is 8.89. The molecule has 1 aliphatic rings. The minimum absolute atomic E-state index is 0.0331. The lowest BCUT2D eigenvalue weighted by Gasteiger charge is -2.32. The Kier molecular flexibility index (Phi) is 6.20. The fourth-order valence-corrected chi connectivity index (χ4v) is 3.19. The maximum absolute atomic E-state index is 10.7. The second kappa shape index (κ2) is 8.79. The van der Waals surface area contributed by atoms with Crippen molar-refractivity contribution in [2.24, 2.45) is 0 Å². The fourth-order valence-electron chi connectivity index (χ4n) is 3.19. The summed E-state index contributed by atoms with van der Waals surface area (Å²) in [6, 6.07) is 19.2. The Morgan fingerprint density at radius 3 is 2.40 bits per heavy atom. The number of hydrogen-bond donors (Lipinski definition) is 1. The Balaban J connectivity index is 1.53. The molecule has 1 heterocycles. The van der Waals surface area contributed by atoms with Gasteiger partial charge in [-0.25, -0.2) is 0 Å². The molecule has 3 rings (SSSR count). The number of carboxylic acid groups (broad SMARTS) is 1. The Bertz CT molecular complexity index is 669. The van der Waals surface area contributed by atoms with Crippen molar-refractivity contribution in [3.63, 3.8) is 0 Å². The maximum atomic E-state index is 10.7. The van der Waals surface area contributed by atoms with E-state index in [9.17, 15) is 4.79 Å². The standard InChI is InChI=1S/C21H25NO3/c23-21(24)12-13-22-14-15-25-20(16-22)19-10-8-18(9-11-19)7-6-17-4-2-1-3-5-17/h1-5,8-11,20H,6-7,12-16H2,(H,23,24). The summed E-state index contributed by atoms with van der Waals surface area (Å²) >= 11 is 0. The first-order valence-electron chi connectivity index (χ1n) is 8.89. The lowest BCUT2D eigenvalue weighted by Crippen LogP contribution is -2.39. The molecule has 0 radical (unpaired) electrons. The molecule has 0 amide bonds. The molecular formula is C21H25NO3. The summed E-state index contributed by atoms with van der Waals surface area (Å²) < 4.78 is 5.88. The highest BCUT2D eigenvalue weighted by atomic mass is 16.5. The average Bonchev–Trinajstić information content (AvgIpc) is 2.66. The van der Waals surface area contributed by atoms with E-state index in [4.69, 9.17) is 9.84 Å². The minimum Gasteiger partial charge on any atom is -0.481 e. The number of carbonyl (C=O) groups is 1. The van der Waals surface area contributed by atoms with Crippen molar-refractivity contribution in [1.82, 2.24) is 4.90 Å². The topological polar surface area (TPSA) is 49.8 Å². The van der Waals surface area contributed by atoms with E-state index in [2.05, 4.69) is 53.4 Å². The van der Waals surface area contributed by atoms with Crippen molar-refractivity contribution >= 4 is 5.97 Å². The van der Waals surface area contributed by atoms with E-state index in [1.807, 2.05) is 6.07 Å². The summed E-state index contributed by atoms with van der Waals surface area (Å²) in [6.45, 7) is 2.81. The zero-order valence-electron chi connectivity index (χ0n) is 14.4. The number of nitrogens with zero attached hydrogens (tertiary/aromatic N) is 1. The summed E-state index contributed by atoms with van der Waals surface area (Å²) in [6.07, 6.45) is 2.29. The van der Waals surface area contributed by atoms with Crippen LogP contribution in [0.1, 0.15) is 29.2 Å². The summed E-state index contributed by atoms with van der Waals surface area (Å²) in [5, 5.41) is 8.83. The number of rotatable bonds is 7. The lowest BCUT2D eigenvalue weighted by atomic mass is 10.0. The molecule has 1 N–H and O–H groups in total. The van der Waals surface area contributed by atoms with Gasteiger partial charge in [-0.05, 0) is 29.5 Å². The van der Waals surface area contributed by atoms with Gasteiger partial charge in [-0.2, -0.15) is 0 Å². The molecule has 2 aromatic carbocycles. The molecule has 1 saturated heterocycles. The molecule has 25 heavy (non-hydrogen) atoms. The highest BCUT2D eigenvalue weighted by Gasteiger charge is 2.22. The number of aliphatic carboxylic acids is 1. The van der Waals surface area contributed by atoms with Crippen molar-refractivity contribution in [3.8, 4) is 0 Å². The smallest absolute Gasteiger partial charge is 0.304 e. The van der Waals surface area contributed by atoms with Gasteiger partial charge >= 0.3 is 5.97 Å². The molecule has 132 valence electrons. The Labute approximate surface area is 149 Å². The molecule has 0 saturated carbocycles. The molecule has 1 atom stereocenters. The monoisotopic (exact) mass is 339 g/mol. The van der Waals surface area contributed by atoms with Crippen LogP contribution in [0.15, 0.2) is 54.6 Å². The molecule has 0 bridgehead atoms. The average molecular weight is 339 g/mol. The van der Waals surface area contributed by atoms with Gasteiger partial charge in [0, 0.05) is 19.6 Å². The molecule has 4 heteroatoms. The first-order chi connectivity index (χ1) is 12.2. The molecular weight excluding hydrogens is 314 g/mol. The van der Waals surface area contributed by atoms with Gasteiger partial charge in [-0.1, -0.05) is 54.6 Å². The zero-order valence-corrected chi connectivity index (χ0v) is 14.4. The minimum atomic E-state index is -0.745. The van der Waals surface area contributed by atoms with Crippen LogP contribution in [-0.2, 0) is 22.4 Å². The largest absolute Gasteiger partial charge is 0.481 e. The number of carboxylic acids is 1. The second-order valence-electron chi connectivity index (χ2n) is 6.53. The van der Waals surface area contributed by atoms with E-state index in [0.29, 0.717) is 13.2 Å². The molecule has 1 aliphatic heterocycles. The van der Waals surface area contributed by atoms with Gasteiger partial charge in [-0.3, -0.25) is 9.69 Å². The van der Waals surface area contributed by atoms with Crippen LogP contribution in [0.2, 0.25) is 0 Å². The third kappa shape index (κ3) is 5.41. The molecule has 1 fully saturated rings. The number of benzene rings is 2. The quantitative estimate of drug-likeness (QED) is 0.841. The van der Waals surface area contributed by atoms with Crippen LogP contribution in [0.5, 0.6) is 0 Å². The van der Waals surface area contributed by atoms with Crippen molar-refractivity contribution in [3.05, 3.63) is 71.3 Å². The third-order valence-corrected chi connectivity index (χ3v) is 4.69. The zero-order chi connectivity index (χ0) is 17.5. The van der Waals surface area contributed by atoms with Crippen LogP contribution >= 0.6 is 0 Å². The van der Waals surface area contributed by atoms with E-state index in [0.717, 1.165) is 25.9 Å². The van der Waals surface area contributed by atoms with Crippen molar-refractivity contribution < 1.29 is 14.6 Å². The van der Waals surface area contributed by atoms with Crippen molar-refractivity contribution in [2.45, 2.75) is 25.4 Å². The Morgan fingerprint density at radius 2 is 1.72 bits per heavy atom. The number of aryl methyl sites for hydroxylation is 2. The predicted octanol–water partition coefficient (Wildman–Crippen LogP) is 3.32. The normalized spacial score (nSPS) is 18.2. The summed E-state index contributed by atoms with van der Waals surface area (Å²) in [4.78, 5) is 12.9. The SMILES string of the molecule is O=C(O)CCN1CCOC(c2ccc(CCc3ccccc3)cc2)C1. The molecule has 1 unspecified atom stereocenters. The van der Waals surface area contributed by atoms with E-state index in [-0.39, 0.29) is 12.5 Å². The van der Waals surface area contributed by atoms with Gasteiger partial charge in [0.25, 0.3) is 0 Å². The predicted molar refractivity (Wildman–Crippen MR) is 97.7 cm³/mol. The number of morpholine rings is 1. The third-order valence-electron chi connectivity index (χ3n) is 4.69. The Morgan fingerprint density at radius 1 is 1.04 bits per heavy atom. The highest BCUT2D eigenvalue weighted by Crippen LogP contribution is 2.23. The molecule has 2 aromatic rings. The maximum Gasteiger partial charge on any atom is 0.304 e. The highest BCUT2D eigenvalue weighted by molar-refractivity contribution is 5.66. The van der Waals surface area contributed by atoms with Gasteiger partial charge in [0.1, 0.15) is 0 Å². The summed E-state index contributed by atoms with van der Waals surface area (Å²) in [5.74, 6) is -0.745. The van der Waals surface area contributed by atoms with Gasteiger partial charge in [0.05, 0.1) is 19.1 Å². The summed E-state index contributed by atoms with van der Waals surface area (Å²) in [5.41, 5.74) is 3.85. The van der Waals surface area contributed by atoms with E-state index in [1.165, 1.54) is 16.7 Å². The lowest BCUT2D eigenvalue weighted by molar-refractivity contribution is -0.137. The van der Waals surface area contributed by atoms with Gasteiger partial charge in [0.15, 0.2) is 0 Å². The van der Waals surface area contributed by atoms with Gasteiger partial charge in [0.2, 0.25) is 0 Å². The first kappa shape index (κ1) is 17.6.